The molecule has 3 aromatic rings. The van der Waals surface area contributed by atoms with Crippen LogP contribution in [0.1, 0.15) is 0 Å². The highest BCUT2D eigenvalue weighted by molar-refractivity contribution is 7.86. The Morgan fingerprint density at radius 2 is 1.50 bits per heavy atom. The number of hydrogen-bond acceptors (Lipinski definition) is 5. The highest BCUT2D eigenvalue weighted by Gasteiger charge is 2.15. The Hall–Kier alpha value is -2.97. The average Bonchev–Trinajstić information content (AvgIpc) is 2.58. The molecule has 0 aliphatic heterocycles. The molecule has 3 aromatic carbocycles. The summed E-state index contributed by atoms with van der Waals surface area (Å²) in [6.45, 7) is 0. The Bertz CT molecular complexity index is 1060. The maximum absolute atomic E-state index is 11.4. The summed E-state index contributed by atoms with van der Waals surface area (Å²) in [6, 6.07) is 16.8. The molecule has 0 radical (unpaired) electrons. The van der Waals surface area contributed by atoms with Crippen molar-refractivity contribution in [1.29, 1.82) is 0 Å². The van der Waals surface area contributed by atoms with Gasteiger partial charge in [0.25, 0.3) is 10.1 Å². The molecule has 7 nitrogen and oxygen atoms in total. The van der Waals surface area contributed by atoms with E-state index in [2.05, 4.69) is 15.3 Å². The zero-order valence-electron chi connectivity index (χ0n) is 12.4. The highest BCUT2D eigenvalue weighted by Crippen LogP contribution is 2.36. The van der Waals surface area contributed by atoms with Crippen LogP contribution in [0.15, 0.2) is 80.9 Å². The van der Waals surface area contributed by atoms with E-state index >= 15 is 0 Å². The third kappa shape index (κ3) is 3.05. The van der Waals surface area contributed by atoms with Crippen LogP contribution >= 0.6 is 0 Å². The summed E-state index contributed by atoms with van der Waals surface area (Å²) in [5.74, 6) is 0. The third-order valence-corrected chi connectivity index (χ3v) is 4.32. The zero-order chi connectivity index (χ0) is 17.2. The van der Waals surface area contributed by atoms with Crippen molar-refractivity contribution in [3.05, 3.63) is 60.7 Å². The Balaban J connectivity index is 2.11. The molecule has 0 fully saturated rings. The van der Waals surface area contributed by atoms with Crippen LogP contribution in [0.2, 0.25) is 0 Å². The molecule has 0 amide bonds. The van der Waals surface area contributed by atoms with Gasteiger partial charge in [-0.2, -0.15) is 13.9 Å². The third-order valence-electron chi connectivity index (χ3n) is 3.42. The van der Waals surface area contributed by atoms with Crippen molar-refractivity contribution in [2.75, 3.05) is 0 Å². The molecule has 0 saturated heterocycles. The van der Waals surface area contributed by atoms with Gasteiger partial charge in [0.2, 0.25) is 0 Å². The Morgan fingerprint density at radius 3 is 2.25 bits per heavy atom. The maximum atomic E-state index is 11.4. The molecule has 120 valence electrons. The van der Waals surface area contributed by atoms with Crippen LogP contribution in [0.5, 0.6) is 0 Å². The quantitative estimate of drug-likeness (QED) is 0.559. The van der Waals surface area contributed by atoms with Gasteiger partial charge in [-0.15, -0.1) is 10.2 Å². The normalized spacial score (nSPS) is 11.9. The van der Waals surface area contributed by atoms with Crippen molar-refractivity contribution < 1.29 is 18.5 Å². The number of azo groups is 1. The first-order valence-electron chi connectivity index (χ1n) is 6.91. The van der Waals surface area contributed by atoms with Gasteiger partial charge in [0.1, 0.15) is 16.3 Å². The van der Waals surface area contributed by atoms with Gasteiger partial charge in [0, 0.05) is 5.39 Å². The summed E-state index contributed by atoms with van der Waals surface area (Å²) < 4.78 is 32.0. The summed E-state index contributed by atoms with van der Waals surface area (Å²) in [7, 11) is -4.39. The van der Waals surface area contributed by atoms with E-state index in [9.17, 15) is 13.0 Å². The minimum atomic E-state index is -4.39. The van der Waals surface area contributed by atoms with Crippen molar-refractivity contribution in [3.63, 3.8) is 0 Å². The number of fused-ring (bicyclic) bond motifs is 1. The first kappa shape index (κ1) is 15.9. The summed E-state index contributed by atoms with van der Waals surface area (Å²) in [5, 5.41) is 13.5. The van der Waals surface area contributed by atoms with Gasteiger partial charge in [-0.05, 0) is 28.7 Å². The average molecular weight is 341 g/mol. The number of benzene rings is 3. The van der Waals surface area contributed by atoms with Gasteiger partial charge >= 0.3 is 0 Å². The molecule has 3 rings (SSSR count). The predicted octanol–water partition coefficient (Wildman–Crippen LogP) is 3.34. The van der Waals surface area contributed by atoms with Crippen molar-refractivity contribution in [3.8, 4) is 0 Å². The Morgan fingerprint density at radius 1 is 0.833 bits per heavy atom. The molecule has 0 heterocycles. The van der Waals surface area contributed by atoms with Crippen LogP contribution in [0, 0.1) is 0 Å². The molecule has 3 N–H and O–H groups in total. The summed E-state index contributed by atoms with van der Waals surface area (Å²) in [6.07, 6.45) is 0. The summed E-state index contributed by atoms with van der Waals surface area (Å²) in [4.78, 5) is -0.319. The fourth-order valence-electron chi connectivity index (χ4n) is 2.33. The van der Waals surface area contributed by atoms with Gasteiger partial charge in [0.05, 0.1) is 0 Å². The number of hydrogen-bond donors (Lipinski definition) is 2. The molecule has 0 aliphatic rings. The van der Waals surface area contributed by atoms with Crippen molar-refractivity contribution in [1.82, 2.24) is 0 Å². The lowest BCUT2D eigenvalue weighted by atomic mass is 10.1. The van der Waals surface area contributed by atoms with E-state index in [1.807, 2.05) is 30.3 Å². The Kier molecular flexibility index (Phi) is 4.15. The SMILES string of the molecule is [NH2+]=Nc1c(N=Nc2ccccc2S(=O)(=O)O)ccc2ccccc12. The van der Waals surface area contributed by atoms with E-state index in [0.717, 1.165) is 10.8 Å². The lowest BCUT2D eigenvalue weighted by Gasteiger charge is -2.03. The van der Waals surface area contributed by atoms with Gasteiger partial charge in [-0.3, -0.25) is 4.55 Å². The molecule has 0 bridgehead atoms. The van der Waals surface area contributed by atoms with Crippen LogP contribution in [-0.2, 0) is 10.1 Å². The molecule has 0 atom stereocenters. The molecular formula is C16H13N4O3S+. The largest absolute Gasteiger partial charge is 0.296 e. The van der Waals surface area contributed by atoms with E-state index < -0.39 is 10.1 Å². The van der Waals surface area contributed by atoms with Crippen molar-refractivity contribution in [2.24, 2.45) is 15.3 Å². The molecule has 0 saturated carbocycles. The molecule has 0 unspecified atom stereocenters. The van der Waals surface area contributed by atoms with Crippen LogP contribution in [0.25, 0.3) is 10.8 Å². The molecular weight excluding hydrogens is 328 g/mol. The fourth-order valence-corrected chi connectivity index (χ4v) is 2.95. The van der Waals surface area contributed by atoms with Crippen LogP contribution in [-0.4, -0.2) is 13.0 Å². The van der Waals surface area contributed by atoms with Crippen LogP contribution in [0.4, 0.5) is 17.1 Å². The smallest absolute Gasteiger partial charge is 0.282 e. The van der Waals surface area contributed by atoms with E-state index in [4.69, 9.17) is 5.53 Å². The minimum Gasteiger partial charge on any atom is -0.282 e. The van der Waals surface area contributed by atoms with E-state index in [1.54, 1.807) is 12.1 Å². The van der Waals surface area contributed by atoms with Gasteiger partial charge in [0.15, 0.2) is 5.69 Å². The van der Waals surface area contributed by atoms with Crippen molar-refractivity contribution >= 4 is 38.0 Å². The van der Waals surface area contributed by atoms with Gasteiger partial charge < -0.3 is 0 Å². The van der Waals surface area contributed by atoms with E-state index in [1.165, 1.54) is 18.2 Å². The Labute approximate surface area is 137 Å². The van der Waals surface area contributed by atoms with E-state index in [0.29, 0.717) is 11.4 Å². The first-order chi connectivity index (χ1) is 11.5. The van der Waals surface area contributed by atoms with E-state index in [-0.39, 0.29) is 10.6 Å². The number of nitrogens with zero attached hydrogens (tertiary/aromatic N) is 3. The maximum Gasteiger partial charge on any atom is 0.296 e. The lowest BCUT2D eigenvalue weighted by Crippen LogP contribution is -2.22. The molecule has 0 spiro atoms. The lowest BCUT2D eigenvalue weighted by molar-refractivity contribution is -0.210. The summed E-state index contributed by atoms with van der Waals surface area (Å²) in [5.41, 5.74) is 6.33. The number of nitrogens with two attached hydrogens (primary N) is 1. The molecule has 0 aliphatic carbocycles. The number of rotatable bonds is 4. The topological polar surface area (TPSA) is 117 Å². The molecule has 0 aromatic heterocycles. The van der Waals surface area contributed by atoms with Crippen LogP contribution < -0.4 is 5.53 Å². The summed E-state index contributed by atoms with van der Waals surface area (Å²) >= 11 is 0. The van der Waals surface area contributed by atoms with Gasteiger partial charge in [-0.25, -0.2) is 0 Å². The predicted molar refractivity (Wildman–Crippen MR) is 88.4 cm³/mol. The fraction of sp³-hybridized carbons (Fsp3) is 0. The molecule has 8 heteroatoms. The zero-order valence-corrected chi connectivity index (χ0v) is 13.2. The second kappa shape index (κ2) is 6.26. The van der Waals surface area contributed by atoms with Crippen LogP contribution in [0.3, 0.4) is 0 Å². The first-order valence-corrected chi connectivity index (χ1v) is 8.35. The second-order valence-electron chi connectivity index (χ2n) is 4.93. The standard InChI is InChI=1S/C16H12N4O3S/c17-18-16-12-6-2-1-5-11(12)9-10-14(16)20-19-13-7-3-4-8-15(13)24(21,22)23/h1-10,17H,(H,21,22,23)/p+1. The van der Waals surface area contributed by atoms with Crippen molar-refractivity contribution in [2.45, 2.75) is 4.90 Å². The van der Waals surface area contributed by atoms with Gasteiger partial charge in [-0.1, -0.05) is 42.5 Å². The monoisotopic (exact) mass is 341 g/mol. The molecule has 24 heavy (non-hydrogen) atoms. The second-order valence-corrected chi connectivity index (χ2v) is 6.32. The highest BCUT2D eigenvalue weighted by atomic mass is 32.2. The minimum absolute atomic E-state index is 0.0242.